The highest BCUT2D eigenvalue weighted by Gasteiger charge is 2.53. The Morgan fingerprint density at radius 3 is 1.12 bits per heavy atom. The maximum absolute atomic E-state index is 2.52. The Morgan fingerprint density at radius 2 is 0.703 bits per heavy atom. The largest absolute Gasteiger partial charge is 0.309 e. The van der Waals surface area contributed by atoms with Gasteiger partial charge in [0.05, 0.1) is 26.2 Å². The van der Waals surface area contributed by atoms with Crippen molar-refractivity contribution in [1.29, 1.82) is 0 Å². The third-order valence-electron chi connectivity index (χ3n) is 16.5. The van der Waals surface area contributed by atoms with E-state index in [0.717, 1.165) is 22.7 Å². The molecule has 0 saturated heterocycles. The predicted molar refractivity (Wildman–Crippen MR) is 319 cm³/mol. The monoisotopic (exact) mass is 988 g/mol. The summed E-state index contributed by atoms with van der Waals surface area (Å²) in [5.41, 5.74) is 19.4. The van der Waals surface area contributed by atoms with Crippen LogP contribution in [0.25, 0.3) is 51.5 Å². The number of nitrogens with zero attached hydrogens (tertiary/aromatic N) is 2. The van der Waals surface area contributed by atoms with Crippen LogP contribution in [0.5, 0.6) is 0 Å². The van der Waals surface area contributed by atoms with Crippen LogP contribution in [0.2, 0.25) is 0 Å². The molecule has 0 radical (unpaired) electrons. The second kappa shape index (κ2) is 16.9. The number of benzene rings is 10. The van der Waals surface area contributed by atoms with Crippen molar-refractivity contribution in [3.05, 3.63) is 263 Å². The van der Waals surface area contributed by atoms with Crippen LogP contribution in [0.3, 0.4) is 0 Å². The van der Waals surface area contributed by atoms with Crippen molar-refractivity contribution in [2.45, 2.75) is 64.2 Å². The average molecular weight is 989 g/mol. The van der Waals surface area contributed by atoms with Gasteiger partial charge in [-0.25, -0.2) is 0 Å². The predicted octanol–water partition coefficient (Wildman–Crippen LogP) is 20.6. The molecule has 0 fully saturated rings. The molecular formula is C70H56N2S2. The quantitative estimate of drug-likeness (QED) is 0.150. The van der Waals surface area contributed by atoms with Gasteiger partial charge in [-0.1, -0.05) is 187 Å². The molecule has 2 aliphatic carbocycles. The second-order valence-electron chi connectivity index (χ2n) is 21.6. The smallest absolute Gasteiger partial charge is 0.0719 e. The molecule has 0 aliphatic heterocycles. The molecule has 0 N–H and O–H groups in total. The Morgan fingerprint density at radius 1 is 0.338 bits per heavy atom. The van der Waals surface area contributed by atoms with E-state index in [-0.39, 0.29) is 5.41 Å². The van der Waals surface area contributed by atoms with Crippen molar-refractivity contribution in [3.63, 3.8) is 0 Å². The topological polar surface area (TPSA) is 6.48 Å². The Labute approximate surface area is 442 Å². The highest BCUT2D eigenvalue weighted by atomic mass is 32.1. The molecule has 1 spiro atoms. The first-order valence-corrected chi connectivity index (χ1v) is 27.8. The van der Waals surface area contributed by atoms with Gasteiger partial charge in [0.2, 0.25) is 0 Å². The SMILES string of the molecule is CC(C)c1ccc(N(c2ccc3c(c2)-c2cc(N(c4ccc(C(C)C)cc4)c4cccc5c4sc4ccccc45)ccc2C32c3ccccc3C(C)(C)c3ccccc32)c2cccc3c2sc2ccccc23)cc1. The van der Waals surface area contributed by atoms with Crippen LogP contribution >= 0.6 is 22.7 Å². The molecule has 2 heterocycles. The van der Waals surface area contributed by atoms with Crippen LogP contribution < -0.4 is 9.80 Å². The van der Waals surface area contributed by atoms with E-state index in [0.29, 0.717) is 11.8 Å². The van der Waals surface area contributed by atoms with Gasteiger partial charge in [-0.05, 0) is 140 Å². The molecule has 10 aromatic carbocycles. The maximum Gasteiger partial charge on any atom is 0.0719 e. The molecule has 358 valence electrons. The second-order valence-corrected chi connectivity index (χ2v) is 23.7. The van der Waals surface area contributed by atoms with Crippen molar-refractivity contribution >= 4 is 97.1 Å². The number of hydrogen-bond acceptors (Lipinski definition) is 4. The number of fused-ring (bicyclic) bond motifs is 15. The van der Waals surface area contributed by atoms with Gasteiger partial charge in [0.25, 0.3) is 0 Å². The summed E-state index contributed by atoms with van der Waals surface area (Å²) >= 11 is 3.78. The summed E-state index contributed by atoms with van der Waals surface area (Å²) < 4.78 is 5.17. The fraction of sp³-hybridized carbons (Fsp3) is 0.143. The fourth-order valence-electron chi connectivity index (χ4n) is 12.9. The molecule has 0 saturated carbocycles. The summed E-state index contributed by atoms with van der Waals surface area (Å²) in [5, 5.41) is 5.17. The van der Waals surface area contributed by atoms with E-state index >= 15 is 0 Å². The van der Waals surface area contributed by atoms with Crippen LogP contribution in [-0.4, -0.2) is 0 Å². The van der Waals surface area contributed by atoms with Gasteiger partial charge in [-0.2, -0.15) is 0 Å². The fourth-order valence-corrected chi connectivity index (χ4v) is 15.3. The third kappa shape index (κ3) is 6.54. The highest BCUT2D eigenvalue weighted by Crippen LogP contribution is 2.63. The van der Waals surface area contributed by atoms with E-state index in [1.807, 2.05) is 22.7 Å². The zero-order valence-corrected chi connectivity index (χ0v) is 44.3. The van der Waals surface area contributed by atoms with Crippen molar-refractivity contribution in [3.8, 4) is 11.1 Å². The van der Waals surface area contributed by atoms with Crippen LogP contribution in [0.1, 0.15) is 97.9 Å². The Kier molecular flexibility index (Phi) is 10.3. The molecule has 12 aromatic rings. The number of hydrogen-bond donors (Lipinski definition) is 0. The van der Waals surface area contributed by atoms with Crippen LogP contribution in [0, 0.1) is 0 Å². The van der Waals surface area contributed by atoms with E-state index in [9.17, 15) is 0 Å². The van der Waals surface area contributed by atoms with Gasteiger partial charge in [-0.3, -0.25) is 0 Å². The summed E-state index contributed by atoms with van der Waals surface area (Å²) in [5.74, 6) is 0.852. The molecular weight excluding hydrogens is 933 g/mol. The summed E-state index contributed by atoms with van der Waals surface area (Å²) in [6.45, 7) is 13.9. The lowest BCUT2D eigenvalue weighted by atomic mass is 9.55. The van der Waals surface area contributed by atoms with Gasteiger partial charge >= 0.3 is 0 Å². The maximum atomic E-state index is 2.52. The normalized spacial score (nSPS) is 14.0. The van der Waals surface area contributed by atoms with Crippen molar-refractivity contribution in [2.75, 3.05) is 9.80 Å². The molecule has 0 bridgehead atoms. The van der Waals surface area contributed by atoms with Gasteiger partial charge in [0.15, 0.2) is 0 Å². The minimum absolute atomic E-state index is 0.203. The van der Waals surface area contributed by atoms with Crippen LogP contribution in [0.4, 0.5) is 34.1 Å². The van der Waals surface area contributed by atoms with Gasteiger partial charge in [0, 0.05) is 59.1 Å². The first-order chi connectivity index (χ1) is 36.1. The van der Waals surface area contributed by atoms with E-state index in [1.54, 1.807) is 0 Å². The van der Waals surface area contributed by atoms with Crippen molar-refractivity contribution in [2.24, 2.45) is 0 Å². The number of anilines is 6. The zero-order valence-electron chi connectivity index (χ0n) is 42.7. The summed E-state index contributed by atoms with van der Waals surface area (Å²) in [7, 11) is 0. The number of thiophene rings is 2. The molecule has 0 atom stereocenters. The van der Waals surface area contributed by atoms with Gasteiger partial charge in [-0.15, -0.1) is 22.7 Å². The lowest BCUT2D eigenvalue weighted by Gasteiger charge is -2.46. The summed E-state index contributed by atoms with van der Waals surface area (Å²) in [6.07, 6.45) is 0. The summed E-state index contributed by atoms with van der Waals surface area (Å²) in [4.78, 5) is 5.04. The van der Waals surface area contributed by atoms with Crippen LogP contribution in [0.15, 0.2) is 218 Å². The van der Waals surface area contributed by atoms with Crippen molar-refractivity contribution in [1.82, 2.24) is 0 Å². The Bertz CT molecular complexity index is 3920. The Hall–Kier alpha value is -7.76. The lowest BCUT2D eigenvalue weighted by Crippen LogP contribution is -2.40. The lowest BCUT2D eigenvalue weighted by molar-refractivity contribution is 0.563. The molecule has 74 heavy (non-hydrogen) atoms. The molecule has 2 aliphatic rings. The van der Waals surface area contributed by atoms with E-state index < -0.39 is 5.41 Å². The first kappa shape index (κ1) is 44.9. The standard InChI is InChI=1S/C70H56N2S2/c1-43(2)45-29-33-47(34-30-45)71(63-25-15-19-53-51-17-7-13-27-65(51)73-67(53)63)49-37-39-57-55(41-49)56-42-50(38-40-58(56)70(57)61-23-11-9-21-59(61)69(5,6)60-22-10-12-24-62(60)70)72(48-35-31-46(32-36-48)44(3)4)64-26-16-20-54-52-18-8-14-28-66(52)74-68(54)64/h7-44H,1-6H3. The molecule has 0 amide bonds. The molecule has 14 rings (SSSR count). The summed E-state index contributed by atoms with van der Waals surface area (Å²) in [6, 6.07) is 83.5. The third-order valence-corrected chi connectivity index (χ3v) is 18.9. The number of rotatable bonds is 8. The van der Waals surface area contributed by atoms with E-state index in [4.69, 9.17) is 0 Å². The molecule has 2 nitrogen and oxygen atoms in total. The minimum atomic E-state index is -0.561. The van der Waals surface area contributed by atoms with Gasteiger partial charge < -0.3 is 9.80 Å². The van der Waals surface area contributed by atoms with E-state index in [1.165, 1.54) is 107 Å². The Balaban J connectivity index is 1.06. The average Bonchev–Trinajstić information content (AvgIpc) is 4.28. The van der Waals surface area contributed by atoms with Gasteiger partial charge in [0.1, 0.15) is 0 Å². The molecule has 2 aromatic heterocycles. The zero-order chi connectivity index (χ0) is 50.0. The highest BCUT2D eigenvalue weighted by molar-refractivity contribution is 7.26. The molecule has 4 heteroatoms. The van der Waals surface area contributed by atoms with Crippen molar-refractivity contribution < 1.29 is 0 Å². The minimum Gasteiger partial charge on any atom is -0.309 e. The first-order valence-electron chi connectivity index (χ1n) is 26.2. The van der Waals surface area contributed by atoms with Crippen LogP contribution in [-0.2, 0) is 10.8 Å². The van der Waals surface area contributed by atoms with E-state index in [2.05, 4.69) is 270 Å². The molecule has 0 unspecified atom stereocenters.